The number of para-hydroxylation sites is 2. The van der Waals surface area contributed by atoms with Crippen molar-refractivity contribution in [3.8, 4) is 0 Å². The van der Waals surface area contributed by atoms with Crippen molar-refractivity contribution in [3.05, 3.63) is 83.3 Å². The number of ether oxygens (including phenoxy) is 2. The summed E-state index contributed by atoms with van der Waals surface area (Å²) in [5, 5.41) is 23.5. The second-order valence-electron chi connectivity index (χ2n) is 22.0. The highest BCUT2D eigenvalue weighted by atomic mass is 32.1. The topological polar surface area (TPSA) is 173 Å². The van der Waals surface area contributed by atoms with Gasteiger partial charge in [-0.15, -0.1) is 0 Å². The quantitative estimate of drug-likeness (QED) is 0.0949. The van der Waals surface area contributed by atoms with Gasteiger partial charge < -0.3 is 24.9 Å². The third-order valence-corrected chi connectivity index (χ3v) is 15.2. The first-order chi connectivity index (χ1) is 30.0. The maximum absolute atomic E-state index is 13.9. The highest BCUT2D eigenvalue weighted by Gasteiger charge is 2.66. The molecule has 0 radical (unpaired) electrons. The number of aromatic nitrogens is 4. The van der Waals surface area contributed by atoms with E-state index in [2.05, 4.69) is 66.8 Å². The Balaban J connectivity index is 1.05. The monoisotopic (exact) mass is 887 g/mol. The van der Waals surface area contributed by atoms with Crippen LogP contribution in [0.1, 0.15) is 121 Å². The van der Waals surface area contributed by atoms with Gasteiger partial charge in [-0.3, -0.25) is 19.8 Å². The Kier molecular flexibility index (Phi) is 10.4. The van der Waals surface area contributed by atoms with Crippen LogP contribution in [0.25, 0.3) is 26.7 Å². The zero-order valence-electron chi connectivity index (χ0n) is 38.5. The molecule has 3 aromatic heterocycles. The molecule has 5 aromatic rings. The standard InChI is InChI=1S/C50H61N7O6S/c1-30-34(22-53-57(30)29-48-24-46(8)23-47(9,25-48)27-49(26-46,28-48)62-20-19-52-43(61)63-45(5,6)7)50(44(2,3)4)33(17-18-51-39(50)41(59)60)36-21-31-13-12-14-32(38(31)54-36)40(58)56-42-55-35-15-10-11-16-37(35)64-42/h10-18,21-22,39,54H,19-20,23-29H2,1-9H3,(H,52,61)(H,59,60)(H,55,56,58). The molecule has 4 unspecified atom stereocenters. The van der Waals surface area contributed by atoms with E-state index in [1.807, 2.05) is 75.5 Å². The number of amides is 2. The first-order valence-electron chi connectivity index (χ1n) is 22.4. The van der Waals surface area contributed by atoms with Gasteiger partial charge in [0.1, 0.15) is 5.60 Å². The Bertz CT molecular complexity index is 2700. The fraction of sp³-hybridized carbons (Fsp3) is 0.520. The minimum atomic E-state index is -1.18. The number of thiazole rings is 1. The van der Waals surface area contributed by atoms with E-state index < -0.39 is 34.5 Å². The number of hydrogen-bond donors (Lipinski definition) is 4. The summed E-state index contributed by atoms with van der Waals surface area (Å²) < 4.78 is 15.4. The van der Waals surface area contributed by atoms with Gasteiger partial charge in [-0.25, -0.2) is 14.6 Å². The van der Waals surface area contributed by atoms with E-state index in [1.165, 1.54) is 11.3 Å². The molecule has 1 aliphatic heterocycles. The van der Waals surface area contributed by atoms with Crippen molar-refractivity contribution < 1.29 is 29.0 Å². The van der Waals surface area contributed by atoms with Crippen LogP contribution < -0.4 is 10.6 Å². The van der Waals surface area contributed by atoms with E-state index in [-0.39, 0.29) is 27.8 Å². The summed E-state index contributed by atoms with van der Waals surface area (Å²) in [4.78, 5) is 52.8. The summed E-state index contributed by atoms with van der Waals surface area (Å²) in [6.07, 6.45) is 11.0. The van der Waals surface area contributed by atoms with Gasteiger partial charge in [0, 0.05) is 41.6 Å². The van der Waals surface area contributed by atoms with Gasteiger partial charge in [0.25, 0.3) is 5.91 Å². The molecule has 4 saturated carbocycles. The fourth-order valence-electron chi connectivity index (χ4n) is 13.4. The van der Waals surface area contributed by atoms with Crippen LogP contribution in [0.2, 0.25) is 0 Å². The van der Waals surface area contributed by atoms with Crippen LogP contribution >= 0.6 is 11.3 Å². The number of carboxylic acid groups (broad SMARTS) is 1. The Morgan fingerprint density at radius 2 is 1.70 bits per heavy atom. The highest BCUT2D eigenvalue weighted by molar-refractivity contribution is 7.22. The number of fused-ring (bicyclic) bond motifs is 2. The molecule has 4 aliphatic carbocycles. The number of aliphatic imine (C=N–C) groups is 1. The van der Waals surface area contributed by atoms with Crippen molar-refractivity contribution >= 4 is 67.3 Å². The van der Waals surface area contributed by atoms with E-state index in [4.69, 9.17) is 19.6 Å². The minimum absolute atomic E-state index is 0.0841. The number of aromatic amines is 1. The van der Waals surface area contributed by atoms with Gasteiger partial charge in [0.05, 0.1) is 45.1 Å². The number of benzene rings is 2. The number of H-pyrrole nitrogens is 1. The number of nitrogens with zero attached hydrogens (tertiary/aromatic N) is 4. The predicted molar refractivity (Wildman–Crippen MR) is 251 cm³/mol. The molecular weight excluding hydrogens is 827 g/mol. The summed E-state index contributed by atoms with van der Waals surface area (Å²) in [5.74, 6) is -1.32. The van der Waals surface area contributed by atoms with Gasteiger partial charge in [0.15, 0.2) is 11.2 Å². The molecule has 13 nitrogen and oxygen atoms in total. The number of hydrogen-bond acceptors (Lipinski definition) is 9. The normalized spacial score (nSPS) is 28.7. The number of carbonyl (C=O) groups excluding carboxylic acids is 2. The highest BCUT2D eigenvalue weighted by Crippen LogP contribution is 2.72. The Morgan fingerprint density at radius 3 is 2.39 bits per heavy atom. The van der Waals surface area contributed by atoms with Crippen molar-refractivity contribution in [2.75, 3.05) is 18.5 Å². The van der Waals surface area contributed by atoms with Crippen LogP contribution in [-0.2, 0) is 26.2 Å². The van der Waals surface area contributed by atoms with Gasteiger partial charge in [-0.2, -0.15) is 5.10 Å². The average Bonchev–Trinajstić information content (AvgIpc) is 3.89. The molecule has 5 aliphatic rings. The summed E-state index contributed by atoms with van der Waals surface area (Å²) in [6.45, 7) is 20.1. The third kappa shape index (κ3) is 7.63. The summed E-state index contributed by atoms with van der Waals surface area (Å²) in [5.41, 5.74) is 2.40. The summed E-state index contributed by atoms with van der Waals surface area (Å²) >= 11 is 1.42. The predicted octanol–water partition coefficient (Wildman–Crippen LogP) is 10.1. The van der Waals surface area contributed by atoms with Crippen LogP contribution in [0, 0.1) is 28.6 Å². The summed E-state index contributed by atoms with van der Waals surface area (Å²) in [7, 11) is 0. The van der Waals surface area contributed by atoms with Crippen LogP contribution in [0.3, 0.4) is 0 Å². The zero-order valence-corrected chi connectivity index (χ0v) is 39.3. The second-order valence-corrected chi connectivity index (χ2v) is 23.0. The van der Waals surface area contributed by atoms with Crippen LogP contribution in [0.15, 0.2) is 65.8 Å². The molecule has 4 atom stereocenters. The maximum Gasteiger partial charge on any atom is 0.407 e. The SMILES string of the molecule is Cc1c(C2(C(C)(C)C)C(c3cc4cccc(C(=O)Nc5nc6ccccc6s5)c4[nH]3)=CC=NC2C(=O)O)cnn1CC12CC3(C)CC(C)(C1)CC(OCCNC(=O)OC(C)(C)C)(C3)C2. The number of rotatable bonds is 11. The van der Waals surface area contributed by atoms with Gasteiger partial charge in [-0.1, -0.05) is 70.2 Å². The molecule has 4 heterocycles. The third-order valence-electron chi connectivity index (χ3n) is 14.3. The number of nitrogens with one attached hydrogen (secondary N) is 3. The van der Waals surface area contributed by atoms with Gasteiger partial charge in [-0.05, 0) is 124 Å². The van der Waals surface area contributed by atoms with E-state index in [0.29, 0.717) is 41.6 Å². The summed E-state index contributed by atoms with van der Waals surface area (Å²) in [6, 6.07) is 14.2. The molecule has 0 spiro atoms. The van der Waals surface area contributed by atoms with E-state index in [9.17, 15) is 19.5 Å². The lowest BCUT2D eigenvalue weighted by atomic mass is 9.39. The number of allylic oxidation sites excluding steroid dienone is 1. The lowest BCUT2D eigenvalue weighted by Gasteiger charge is -2.69. The van der Waals surface area contributed by atoms with Crippen molar-refractivity contribution in [2.24, 2.45) is 26.7 Å². The second kappa shape index (κ2) is 15.1. The molecule has 10 rings (SSSR count). The van der Waals surface area contributed by atoms with Crippen LogP contribution in [-0.4, -0.2) is 79.4 Å². The molecule has 4 fully saturated rings. The largest absolute Gasteiger partial charge is 0.480 e. The molecular formula is C50H61N7O6S. The van der Waals surface area contributed by atoms with Crippen LogP contribution in [0.5, 0.6) is 0 Å². The van der Waals surface area contributed by atoms with E-state index in [1.54, 1.807) is 12.3 Å². The number of aliphatic carboxylic acids is 1. The van der Waals surface area contributed by atoms with E-state index in [0.717, 1.165) is 71.0 Å². The first-order valence-corrected chi connectivity index (χ1v) is 23.3. The van der Waals surface area contributed by atoms with Crippen molar-refractivity contribution in [3.63, 3.8) is 0 Å². The molecule has 2 aromatic carbocycles. The molecule has 2 amide bonds. The lowest BCUT2D eigenvalue weighted by Crippen LogP contribution is -2.64. The van der Waals surface area contributed by atoms with Crippen molar-refractivity contribution in [1.82, 2.24) is 25.1 Å². The number of carbonyl (C=O) groups is 3. The lowest BCUT2D eigenvalue weighted by molar-refractivity contribution is -0.247. The molecule has 4 bridgehead atoms. The van der Waals surface area contributed by atoms with Gasteiger partial charge in [0.2, 0.25) is 0 Å². The average molecular weight is 888 g/mol. The molecule has 338 valence electrons. The Hall–Kier alpha value is -5.34. The zero-order chi connectivity index (χ0) is 45.7. The van der Waals surface area contributed by atoms with Crippen LogP contribution in [0.4, 0.5) is 9.93 Å². The number of anilines is 1. The van der Waals surface area contributed by atoms with E-state index >= 15 is 0 Å². The smallest absolute Gasteiger partial charge is 0.407 e. The Labute approximate surface area is 378 Å². The number of dihydropyridines is 1. The fourth-order valence-corrected chi connectivity index (χ4v) is 14.3. The molecule has 4 N–H and O–H groups in total. The minimum Gasteiger partial charge on any atom is -0.480 e. The molecule has 0 saturated heterocycles. The van der Waals surface area contributed by atoms with Crippen molar-refractivity contribution in [1.29, 1.82) is 0 Å². The first kappa shape index (κ1) is 43.9. The Morgan fingerprint density at radius 1 is 0.969 bits per heavy atom. The van der Waals surface area contributed by atoms with Crippen molar-refractivity contribution in [2.45, 2.75) is 130 Å². The molecule has 64 heavy (non-hydrogen) atoms. The number of alkyl carbamates (subject to hydrolysis) is 1. The van der Waals surface area contributed by atoms with Gasteiger partial charge >= 0.3 is 12.1 Å². The maximum atomic E-state index is 13.9. The number of carboxylic acids is 1. The molecule has 14 heteroatoms.